The largest absolute Gasteiger partial charge is 0.319 e. The van der Waals surface area contributed by atoms with E-state index in [1.807, 2.05) is 19.2 Å². The Hall–Kier alpha value is -1.65. The first-order valence-corrected chi connectivity index (χ1v) is 9.39. The van der Waals surface area contributed by atoms with Crippen LogP contribution in [-0.4, -0.2) is 28.3 Å². The molecule has 0 spiro atoms. The average Bonchev–Trinajstić information content (AvgIpc) is 3.28. The minimum absolute atomic E-state index is 0.327. The summed E-state index contributed by atoms with van der Waals surface area (Å²) in [5.41, 5.74) is 3.87. The van der Waals surface area contributed by atoms with Crippen molar-refractivity contribution in [3.63, 3.8) is 0 Å². The molecule has 2 aromatic rings. The van der Waals surface area contributed by atoms with Gasteiger partial charge in [-0.15, -0.1) is 0 Å². The van der Waals surface area contributed by atoms with Gasteiger partial charge in [-0.2, -0.15) is 0 Å². The minimum atomic E-state index is -3.13. The van der Waals surface area contributed by atoms with Gasteiger partial charge in [0.15, 0.2) is 9.84 Å². The number of sulfone groups is 1. The first kappa shape index (κ1) is 15.3. The van der Waals surface area contributed by atoms with Crippen molar-refractivity contribution in [1.82, 2.24) is 5.32 Å². The summed E-state index contributed by atoms with van der Waals surface area (Å²) in [7, 11) is -1.14. The van der Waals surface area contributed by atoms with Crippen molar-refractivity contribution in [2.75, 3.05) is 19.8 Å². The van der Waals surface area contributed by atoms with E-state index in [1.54, 1.807) is 12.1 Å². The second-order valence-electron chi connectivity index (χ2n) is 6.18. The second kappa shape index (κ2) is 5.52. The lowest BCUT2D eigenvalue weighted by Crippen LogP contribution is -2.23. The summed E-state index contributed by atoms with van der Waals surface area (Å²) in [6, 6.07) is 15.7. The molecule has 1 aliphatic rings. The maximum Gasteiger partial charge on any atom is 0.175 e. The predicted molar refractivity (Wildman–Crippen MR) is 89.8 cm³/mol. The molecule has 2 aromatic carbocycles. The molecule has 0 saturated heterocycles. The van der Waals surface area contributed by atoms with Crippen molar-refractivity contribution in [3.8, 4) is 11.1 Å². The van der Waals surface area contributed by atoms with E-state index in [0.717, 1.165) is 17.7 Å². The maximum atomic E-state index is 11.5. The van der Waals surface area contributed by atoms with Gasteiger partial charge in [-0.05, 0) is 48.7 Å². The Morgan fingerprint density at radius 3 is 1.86 bits per heavy atom. The van der Waals surface area contributed by atoms with E-state index in [4.69, 9.17) is 0 Å². The van der Waals surface area contributed by atoms with Crippen molar-refractivity contribution in [2.24, 2.45) is 0 Å². The monoisotopic (exact) mass is 315 g/mol. The Morgan fingerprint density at radius 2 is 1.45 bits per heavy atom. The molecule has 1 N–H and O–H groups in total. The van der Waals surface area contributed by atoms with Crippen LogP contribution in [-0.2, 0) is 15.3 Å². The van der Waals surface area contributed by atoms with Crippen molar-refractivity contribution in [1.29, 1.82) is 0 Å². The van der Waals surface area contributed by atoms with Gasteiger partial charge in [0.2, 0.25) is 0 Å². The third-order valence-corrected chi connectivity index (χ3v) is 5.61. The lowest BCUT2D eigenvalue weighted by atomic mass is 9.93. The van der Waals surface area contributed by atoms with E-state index in [0.29, 0.717) is 10.3 Å². The van der Waals surface area contributed by atoms with Crippen LogP contribution in [0, 0.1) is 0 Å². The number of hydrogen-bond acceptors (Lipinski definition) is 3. The molecule has 0 bridgehead atoms. The number of benzene rings is 2. The van der Waals surface area contributed by atoms with E-state index in [9.17, 15) is 8.42 Å². The molecule has 3 rings (SSSR count). The number of rotatable bonds is 5. The fraction of sp³-hybridized carbons (Fsp3) is 0.333. The van der Waals surface area contributed by atoms with E-state index in [1.165, 1.54) is 24.7 Å². The van der Waals surface area contributed by atoms with Gasteiger partial charge in [-0.25, -0.2) is 8.42 Å². The van der Waals surface area contributed by atoms with Gasteiger partial charge < -0.3 is 5.32 Å². The summed E-state index contributed by atoms with van der Waals surface area (Å²) in [4.78, 5) is 0.360. The number of likely N-dealkylation sites (N-methyl/N-ethyl adjacent to an activating group) is 1. The fourth-order valence-corrected chi connectivity index (χ4v) is 3.60. The van der Waals surface area contributed by atoms with Gasteiger partial charge in [0.25, 0.3) is 0 Å². The number of hydrogen-bond donors (Lipinski definition) is 1. The predicted octanol–water partition coefficient (Wildman–Crippen LogP) is 3.01. The summed E-state index contributed by atoms with van der Waals surface area (Å²) in [6.45, 7) is 1.02. The highest BCUT2D eigenvalue weighted by molar-refractivity contribution is 7.90. The normalized spacial score (nSPS) is 16.5. The van der Waals surface area contributed by atoms with Crippen molar-refractivity contribution >= 4 is 9.84 Å². The number of nitrogens with one attached hydrogen (secondary N) is 1. The smallest absolute Gasteiger partial charge is 0.175 e. The molecule has 3 nitrogen and oxygen atoms in total. The summed E-state index contributed by atoms with van der Waals surface area (Å²) in [6.07, 6.45) is 3.72. The van der Waals surface area contributed by atoms with Crippen LogP contribution >= 0.6 is 0 Å². The molecule has 0 aromatic heterocycles. The molecule has 22 heavy (non-hydrogen) atoms. The topological polar surface area (TPSA) is 46.2 Å². The summed E-state index contributed by atoms with van der Waals surface area (Å²) in [5, 5.41) is 3.28. The van der Waals surface area contributed by atoms with Crippen LogP contribution in [0.5, 0.6) is 0 Å². The second-order valence-corrected chi connectivity index (χ2v) is 8.20. The van der Waals surface area contributed by atoms with Crippen LogP contribution in [0.15, 0.2) is 53.4 Å². The standard InChI is InChI=1S/C18H21NO2S/c1-19-13-18(11-12-18)16-7-3-14(4-8-16)15-5-9-17(10-6-15)22(2,20)21/h3-10,19H,11-13H2,1-2H3. The molecule has 1 fully saturated rings. The molecule has 0 atom stereocenters. The SMILES string of the molecule is CNCC1(c2ccc(-c3ccc(S(C)(=O)=O)cc3)cc2)CC1. The summed E-state index contributed by atoms with van der Waals surface area (Å²) >= 11 is 0. The quantitative estimate of drug-likeness (QED) is 0.922. The minimum Gasteiger partial charge on any atom is -0.319 e. The van der Waals surface area contributed by atoms with Gasteiger partial charge in [-0.1, -0.05) is 36.4 Å². The third-order valence-electron chi connectivity index (χ3n) is 4.48. The Balaban J connectivity index is 1.84. The van der Waals surface area contributed by atoms with Crippen LogP contribution in [0.3, 0.4) is 0 Å². The molecule has 0 radical (unpaired) electrons. The zero-order valence-electron chi connectivity index (χ0n) is 13.0. The highest BCUT2D eigenvalue weighted by atomic mass is 32.2. The molecule has 0 amide bonds. The van der Waals surface area contributed by atoms with Gasteiger partial charge in [0, 0.05) is 18.2 Å². The maximum absolute atomic E-state index is 11.5. The zero-order valence-corrected chi connectivity index (χ0v) is 13.8. The lowest BCUT2D eigenvalue weighted by molar-refractivity contribution is 0.602. The molecular weight excluding hydrogens is 294 g/mol. The Labute approximate surface area is 132 Å². The summed E-state index contributed by atoms with van der Waals surface area (Å²) in [5.74, 6) is 0. The molecule has 0 unspecified atom stereocenters. The molecule has 116 valence electrons. The molecule has 1 saturated carbocycles. The zero-order chi connectivity index (χ0) is 15.8. The van der Waals surface area contributed by atoms with Crippen molar-refractivity contribution in [2.45, 2.75) is 23.2 Å². The first-order valence-electron chi connectivity index (χ1n) is 7.50. The molecule has 0 heterocycles. The van der Waals surface area contributed by atoms with Crippen molar-refractivity contribution < 1.29 is 8.42 Å². The Kier molecular flexibility index (Phi) is 3.83. The van der Waals surface area contributed by atoms with Crippen LogP contribution in [0.4, 0.5) is 0 Å². The Bertz CT molecular complexity index is 758. The molecule has 1 aliphatic carbocycles. The van der Waals surface area contributed by atoms with E-state index >= 15 is 0 Å². The van der Waals surface area contributed by atoms with Gasteiger partial charge in [0.05, 0.1) is 4.90 Å². The highest BCUT2D eigenvalue weighted by Crippen LogP contribution is 2.47. The molecule has 0 aliphatic heterocycles. The molecular formula is C18H21NO2S. The van der Waals surface area contributed by atoms with Crippen LogP contribution in [0.2, 0.25) is 0 Å². The lowest BCUT2D eigenvalue weighted by Gasteiger charge is -2.15. The molecule has 4 heteroatoms. The van der Waals surface area contributed by atoms with E-state index < -0.39 is 9.84 Å². The third kappa shape index (κ3) is 2.94. The van der Waals surface area contributed by atoms with E-state index in [2.05, 4.69) is 29.6 Å². The Morgan fingerprint density at radius 1 is 0.955 bits per heavy atom. The average molecular weight is 315 g/mol. The summed E-state index contributed by atoms with van der Waals surface area (Å²) < 4.78 is 23.0. The van der Waals surface area contributed by atoms with E-state index in [-0.39, 0.29) is 0 Å². The fourth-order valence-electron chi connectivity index (χ4n) is 2.97. The highest BCUT2D eigenvalue weighted by Gasteiger charge is 2.43. The van der Waals surface area contributed by atoms with Crippen LogP contribution < -0.4 is 5.32 Å². The van der Waals surface area contributed by atoms with Crippen LogP contribution in [0.1, 0.15) is 18.4 Å². The van der Waals surface area contributed by atoms with Gasteiger partial charge >= 0.3 is 0 Å². The van der Waals surface area contributed by atoms with Gasteiger partial charge in [0.1, 0.15) is 0 Å². The first-order chi connectivity index (χ1) is 10.4. The van der Waals surface area contributed by atoms with Crippen LogP contribution in [0.25, 0.3) is 11.1 Å². The van der Waals surface area contributed by atoms with Gasteiger partial charge in [-0.3, -0.25) is 0 Å². The van der Waals surface area contributed by atoms with Crippen molar-refractivity contribution in [3.05, 3.63) is 54.1 Å².